The number of benzene rings is 1. The molecule has 3 rings (SSSR count). The van der Waals surface area contributed by atoms with Gasteiger partial charge in [-0.1, -0.05) is 34.1 Å². The van der Waals surface area contributed by atoms with Crippen LogP contribution >= 0.6 is 15.9 Å². The van der Waals surface area contributed by atoms with Crippen molar-refractivity contribution >= 4 is 15.9 Å². The molecule has 3 aromatic rings. The predicted octanol–water partition coefficient (Wildman–Crippen LogP) is 2.31. The lowest BCUT2D eigenvalue weighted by atomic mass is 10.1. The second kappa shape index (κ2) is 5.17. The molecule has 0 spiro atoms. The zero-order chi connectivity index (χ0) is 15.0. The number of aryl methyl sites for hydroxylation is 1. The van der Waals surface area contributed by atoms with Gasteiger partial charge in [-0.3, -0.25) is 9.48 Å². The van der Waals surface area contributed by atoms with Gasteiger partial charge in [-0.05, 0) is 6.07 Å². The van der Waals surface area contributed by atoms with Gasteiger partial charge in [0.1, 0.15) is 11.4 Å². The third-order valence-electron chi connectivity index (χ3n) is 3.02. The number of H-pyrrole nitrogens is 1. The van der Waals surface area contributed by atoms with Crippen molar-refractivity contribution in [3.05, 3.63) is 51.5 Å². The smallest absolute Gasteiger partial charge is 0.262 e. The minimum absolute atomic E-state index is 0.134. The summed E-state index contributed by atoms with van der Waals surface area (Å²) < 4.78 is 2.30. The maximum absolute atomic E-state index is 12.3. The van der Waals surface area contributed by atoms with E-state index in [0.29, 0.717) is 15.6 Å². The average Bonchev–Trinajstić information content (AvgIpc) is 2.87. The van der Waals surface area contributed by atoms with Gasteiger partial charge in [0.15, 0.2) is 0 Å². The summed E-state index contributed by atoms with van der Waals surface area (Å²) in [5.74, 6) is -0.0362. The van der Waals surface area contributed by atoms with Gasteiger partial charge in [-0.2, -0.15) is 10.1 Å². The molecular formula is C14H11BrN4O2. The number of aromatic nitrogens is 4. The molecule has 0 aliphatic rings. The Bertz CT molecular complexity index is 869. The highest BCUT2D eigenvalue weighted by molar-refractivity contribution is 9.10. The summed E-state index contributed by atoms with van der Waals surface area (Å²) in [4.78, 5) is 19.0. The first kappa shape index (κ1) is 13.6. The summed E-state index contributed by atoms with van der Waals surface area (Å²) in [7, 11) is 1.76. The Balaban J connectivity index is 2.18. The Morgan fingerprint density at radius 3 is 2.71 bits per heavy atom. The summed E-state index contributed by atoms with van der Waals surface area (Å²) >= 11 is 3.36. The van der Waals surface area contributed by atoms with Gasteiger partial charge in [0.25, 0.3) is 5.56 Å². The van der Waals surface area contributed by atoms with Gasteiger partial charge in [0.2, 0.25) is 5.88 Å². The Morgan fingerprint density at radius 2 is 2.10 bits per heavy atom. The number of rotatable bonds is 2. The summed E-state index contributed by atoms with van der Waals surface area (Å²) in [6, 6.07) is 7.15. The summed E-state index contributed by atoms with van der Waals surface area (Å²) in [6.45, 7) is 0. The molecule has 0 saturated heterocycles. The number of aromatic hydroxyl groups is 1. The zero-order valence-corrected chi connectivity index (χ0v) is 12.6. The highest BCUT2D eigenvalue weighted by atomic mass is 79.9. The fourth-order valence-corrected chi connectivity index (χ4v) is 2.53. The topological polar surface area (TPSA) is 83.8 Å². The summed E-state index contributed by atoms with van der Waals surface area (Å²) in [5.41, 5.74) is 0.938. The molecule has 0 atom stereocenters. The molecule has 2 heterocycles. The first-order chi connectivity index (χ1) is 10.1. The number of hydrogen-bond acceptors (Lipinski definition) is 4. The molecule has 0 aliphatic heterocycles. The lowest BCUT2D eigenvalue weighted by molar-refractivity contribution is 0.454. The van der Waals surface area contributed by atoms with Crippen LogP contribution in [0.15, 0.2) is 45.9 Å². The summed E-state index contributed by atoms with van der Waals surface area (Å²) in [5, 5.41) is 14.2. The van der Waals surface area contributed by atoms with Crippen LogP contribution in [0.3, 0.4) is 0 Å². The summed E-state index contributed by atoms with van der Waals surface area (Å²) in [6.07, 6.45) is 3.27. The molecule has 2 aromatic heterocycles. The van der Waals surface area contributed by atoms with E-state index in [2.05, 4.69) is 31.0 Å². The van der Waals surface area contributed by atoms with Gasteiger partial charge in [-0.15, -0.1) is 0 Å². The number of hydrogen-bond donors (Lipinski definition) is 2. The van der Waals surface area contributed by atoms with Crippen LogP contribution in [0.5, 0.6) is 5.88 Å². The van der Waals surface area contributed by atoms with Crippen molar-refractivity contribution in [3.8, 4) is 28.4 Å². The van der Waals surface area contributed by atoms with E-state index in [0.717, 1.165) is 0 Å². The third kappa shape index (κ3) is 2.47. The quantitative estimate of drug-likeness (QED) is 0.745. The molecule has 0 aliphatic carbocycles. The Kier molecular flexibility index (Phi) is 3.34. The molecule has 6 nitrogen and oxygen atoms in total. The van der Waals surface area contributed by atoms with Crippen LogP contribution in [0.25, 0.3) is 22.5 Å². The van der Waals surface area contributed by atoms with E-state index in [4.69, 9.17) is 0 Å². The van der Waals surface area contributed by atoms with Gasteiger partial charge in [0.05, 0.1) is 11.8 Å². The third-order valence-corrected chi connectivity index (χ3v) is 3.71. The molecule has 7 heteroatoms. The molecule has 2 N–H and O–H groups in total. The van der Waals surface area contributed by atoms with E-state index in [1.165, 1.54) is 0 Å². The van der Waals surface area contributed by atoms with E-state index >= 15 is 0 Å². The van der Waals surface area contributed by atoms with E-state index < -0.39 is 5.56 Å². The minimum atomic E-state index is -0.409. The van der Waals surface area contributed by atoms with Crippen molar-refractivity contribution in [1.82, 2.24) is 19.7 Å². The van der Waals surface area contributed by atoms with Gasteiger partial charge < -0.3 is 10.1 Å². The van der Waals surface area contributed by atoms with Crippen LogP contribution in [0.2, 0.25) is 0 Å². The van der Waals surface area contributed by atoms with Crippen molar-refractivity contribution in [2.24, 2.45) is 7.05 Å². The van der Waals surface area contributed by atoms with E-state index in [-0.39, 0.29) is 17.3 Å². The van der Waals surface area contributed by atoms with Crippen molar-refractivity contribution in [2.75, 3.05) is 0 Å². The normalized spacial score (nSPS) is 10.8. The minimum Gasteiger partial charge on any atom is -0.493 e. The zero-order valence-electron chi connectivity index (χ0n) is 11.0. The predicted molar refractivity (Wildman–Crippen MR) is 81.9 cm³/mol. The molecule has 0 saturated carbocycles. The van der Waals surface area contributed by atoms with Crippen LogP contribution in [0.4, 0.5) is 0 Å². The monoisotopic (exact) mass is 346 g/mol. The van der Waals surface area contributed by atoms with Crippen LogP contribution in [-0.2, 0) is 7.05 Å². The molecule has 0 unspecified atom stereocenters. The number of aromatic amines is 1. The molecule has 0 amide bonds. The second-order valence-electron chi connectivity index (χ2n) is 4.50. The number of halogens is 1. The van der Waals surface area contributed by atoms with Crippen LogP contribution in [0.1, 0.15) is 0 Å². The van der Waals surface area contributed by atoms with E-state index in [9.17, 15) is 9.90 Å². The van der Waals surface area contributed by atoms with Crippen LogP contribution < -0.4 is 5.56 Å². The highest BCUT2D eigenvalue weighted by Gasteiger charge is 2.16. The van der Waals surface area contributed by atoms with E-state index in [1.807, 2.05) is 6.07 Å². The fourth-order valence-electron chi connectivity index (χ4n) is 2.05. The van der Waals surface area contributed by atoms with Crippen molar-refractivity contribution in [3.63, 3.8) is 0 Å². The standard InChI is InChI=1S/C14H11BrN4O2/c1-19-7-8(6-16-19)12-17-13(20)11(14(21)18-12)9-4-2-3-5-10(9)15/h2-7H,1H3,(H2,17,18,20,21). The Hall–Kier alpha value is -2.41. The highest BCUT2D eigenvalue weighted by Crippen LogP contribution is 2.31. The molecule has 106 valence electrons. The molecule has 0 bridgehead atoms. The van der Waals surface area contributed by atoms with E-state index in [1.54, 1.807) is 42.3 Å². The van der Waals surface area contributed by atoms with Crippen molar-refractivity contribution in [1.29, 1.82) is 0 Å². The number of nitrogens with one attached hydrogen (secondary N) is 1. The maximum Gasteiger partial charge on any atom is 0.262 e. The van der Waals surface area contributed by atoms with Crippen LogP contribution in [0, 0.1) is 0 Å². The van der Waals surface area contributed by atoms with Gasteiger partial charge >= 0.3 is 0 Å². The average molecular weight is 347 g/mol. The van der Waals surface area contributed by atoms with Crippen molar-refractivity contribution in [2.45, 2.75) is 0 Å². The lowest BCUT2D eigenvalue weighted by Crippen LogP contribution is -2.12. The first-order valence-electron chi connectivity index (χ1n) is 6.13. The van der Waals surface area contributed by atoms with Gasteiger partial charge in [-0.25, -0.2) is 0 Å². The second-order valence-corrected chi connectivity index (χ2v) is 5.35. The Morgan fingerprint density at radius 1 is 1.33 bits per heavy atom. The molecule has 1 aromatic carbocycles. The molecule has 0 radical (unpaired) electrons. The maximum atomic E-state index is 12.3. The first-order valence-corrected chi connectivity index (χ1v) is 6.93. The van der Waals surface area contributed by atoms with Crippen molar-refractivity contribution < 1.29 is 5.11 Å². The fraction of sp³-hybridized carbons (Fsp3) is 0.0714. The lowest BCUT2D eigenvalue weighted by Gasteiger charge is -2.06. The SMILES string of the molecule is Cn1cc(-c2nc(O)c(-c3ccccc3Br)c(=O)[nH]2)cn1. The number of nitrogens with zero attached hydrogens (tertiary/aromatic N) is 3. The van der Waals surface area contributed by atoms with Crippen LogP contribution in [-0.4, -0.2) is 24.9 Å². The molecule has 21 heavy (non-hydrogen) atoms. The molecular weight excluding hydrogens is 336 g/mol. The molecule has 0 fully saturated rings. The van der Waals surface area contributed by atoms with Gasteiger partial charge in [0, 0.05) is 23.3 Å². The Labute approximate surface area is 128 Å². The largest absolute Gasteiger partial charge is 0.493 e.